The lowest BCUT2D eigenvalue weighted by molar-refractivity contribution is 0.116. The fourth-order valence-corrected chi connectivity index (χ4v) is 7.81. The van der Waals surface area contributed by atoms with Crippen LogP contribution >= 0.6 is 0 Å². The highest BCUT2D eigenvalue weighted by Gasteiger charge is 2.40. The van der Waals surface area contributed by atoms with Gasteiger partial charge in [-0.1, -0.05) is 73.9 Å². The molecule has 48 heavy (non-hydrogen) atoms. The van der Waals surface area contributed by atoms with E-state index < -0.39 is 0 Å². The van der Waals surface area contributed by atoms with E-state index in [0.29, 0.717) is 50.1 Å². The van der Waals surface area contributed by atoms with Crippen LogP contribution in [0.3, 0.4) is 0 Å². The highest BCUT2D eigenvalue weighted by atomic mass is 16.5. The van der Waals surface area contributed by atoms with Crippen molar-refractivity contribution in [2.45, 2.75) is 105 Å². The Hall–Kier alpha value is -3.36. The molecule has 0 spiro atoms. The molecule has 0 aliphatic heterocycles. The summed E-state index contributed by atoms with van der Waals surface area (Å²) in [6.45, 7) is 37.8. The minimum atomic E-state index is 0.116. The highest BCUT2D eigenvalue weighted by Crippen LogP contribution is 2.49. The van der Waals surface area contributed by atoms with Crippen molar-refractivity contribution in [2.24, 2.45) is 34.5 Å². The summed E-state index contributed by atoms with van der Waals surface area (Å²) in [5.41, 5.74) is 6.67. The predicted molar refractivity (Wildman–Crippen MR) is 195 cm³/mol. The molecule has 0 saturated heterocycles. The highest BCUT2D eigenvalue weighted by molar-refractivity contribution is 5.17. The molecule has 2 aromatic heterocycles. The largest absolute Gasteiger partial charge is 0.371 e. The first-order valence-corrected chi connectivity index (χ1v) is 17.7. The third kappa shape index (κ3) is 9.63. The lowest BCUT2D eigenvalue weighted by atomic mass is 9.61. The van der Waals surface area contributed by atoms with E-state index in [1.807, 2.05) is 21.8 Å². The molecule has 0 amide bonds. The molecule has 2 heterocycles. The molecular formula is C40H60N6O2. The van der Waals surface area contributed by atoms with Crippen molar-refractivity contribution in [1.82, 2.24) is 30.0 Å². The van der Waals surface area contributed by atoms with Crippen LogP contribution in [0, 0.1) is 34.5 Å². The van der Waals surface area contributed by atoms with Crippen LogP contribution in [-0.2, 0) is 35.8 Å². The van der Waals surface area contributed by atoms with E-state index >= 15 is 0 Å². The molecule has 2 fully saturated rings. The van der Waals surface area contributed by atoms with Crippen LogP contribution in [0.5, 0.6) is 0 Å². The van der Waals surface area contributed by atoms with Gasteiger partial charge in [0.25, 0.3) is 0 Å². The molecular weight excluding hydrogens is 596 g/mol. The first-order valence-electron chi connectivity index (χ1n) is 17.7. The molecule has 0 N–H and O–H groups in total. The number of nitrogens with zero attached hydrogens (tertiary/aromatic N) is 6. The van der Waals surface area contributed by atoms with Gasteiger partial charge in [0.1, 0.15) is 11.4 Å². The van der Waals surface area contributed by atoms with Gasteiger partial charge in [-0.05, 0) is 111 Å². The van der Waals surface area contributed by atoms with Gasteiger partial charge in [-0.3, -0.25) is 9.36 Å². The number of hydrogen-bond acceptors (Lipinski definition) is 6. The number of aromatic nitrogens is 6. The normalized spacial score (nSPS) is 27.3. The smallest absolute Gasteiger partial charge is 0.108 e. The SMILES string of the molecule is C=C[C@]1(C)CC[C@@H](C(=C)COCc2cn(CCCCn3cc(COCC(=C)[C@@H]4CC[C@@](C)(C=C)[C@H](C(=C)C)C4)nn3)nn2)C[C@H]1C(=C)C. The van der Waals surface area contributed by atoms with Crippen LogP contribution in [0.1, 0.15) is 90.4 Å². The van der Waals surface area contributed by atoms with Crippen LogP contribution < -0.4 is 0 Å². The minimum Gasteiger partial charge on any atom is -0.371 e. The Morgan fingerprint density at radius 2 is 1.15 bits per heavy atom. The van der Waals surface area contributed by atoms with E-state index in [1.54, 1.807) is 0 Å². The second kappa shape index (κ2) is 16.8. The molecule has 0 aromatic carbocycles. The molecule has 262 valence electrons. The van der Waals surface area contributed by atoms with Crippen LogP contribution in [-0.4, -0.2) is 43.2 Å². The summed E-state index contributed by atoms with van der Waals surface area (Å²) in [6.07, 6.45) is 16.6. The van der Waals surface area contributed by atoms with Gasteiger partial charge in [-0.2, -0.15) is 0 Å². The van der Waals surface area contributed by atoms with Crippen LogP contribution in [0.2, 0.25) is 0 Å². The molecule has 4 rings (SSSR count). The van der Waals surface area contributed by atoms with Gasteiger partial charge in [0.2, 0.25) is 0 Å². The van der Waals surface area contributed by atoms with E-state index in [0.717, 1.165) is 87.0 Å². The van der Waals surface area contributed by atoms with Crippen molar-refractivity contribution in [3.8, 4) is 0 Å². The molecule has 8 heteroatoms. The first kappa shape index (κ1) is 37.5. The Morgan fingerprint density at radius 3 is 1.50 bits per heavy atom. The lowest BCUT2D eigenvalue weighted by Crippen LogP contribution is -2.34. The standard InChI is InChI=1S/C40H60N6O2/c1-11-39(9)17-15-33(21-37(39)29(3)4)31(7)25-47-27-35-23-45(43-41-35)19-13-14-20-46-24-36(42-44-46)28-48-26-32(8)34-16-18-40(10,12-2)38(22-34)30(5)6/h11-12,23-24,33-34,37-38H,1-3,5,7-8,13-22,25-28H2,4,6,9-10H3/t33-,34-,37+,38+,39-,40-/m1/s1. The third-order valence-corrected chi connectivity index (χ3v) is 11.2. The maximum Gasteiger partial charge on any atom is 0.108 e. The maximum absolute atomic E-state index is 6.01. The average molecular weight is 657 g/mol. The molecule has 0 unspecified atom stereocenters. The Kier molecular flexibility index (Phi) is 13.1. The predicted octanol–water partition coefficient (Wildman–Crippen LogP) is 8.87. The molecule has 8 nitrogen and oxygen atoms in total. The first-order chi connectivity index (χ1) is 22.9. The van der Waals surface area contributed by atoms with E-state index in [4.69, 9.17) is 9.47 Å². The molecule has 6 atom stereocenters. The number of unbranched alkanes of at least 4 members (excludes halogenated alkanes) is 1. The maximum atomic E-state index is 6.01. The molecule has 2 aliphatic carbocycles. The van der Waals surface area contributed by atoms with Crippen molar-refractivity contribution in [1.29, 1.82) is 0 Å². The molecule has 2 aliphatic rings. The number of ether oxygens (including phenoxy) is 2. The number of allylic oxidation sites excluding steroid dienone is 4. The number of rotatable bonds is 19. The zero-order chi connectivity index (χ0) is 34.9. The summed E-state index contributed by atoms with van der Waals surface area (Å²) in [5.74, 6) is 1.75. The van der Waals surface area contributed by atoms with Gasteiger partial charge < -0.3 is 9.47 Å². The van der Waals surface area contributed by atoms with Gasteiger partial charge >= 0.3 is 0 Å². The van der Waals surface area contributed by atoms with Crippen molar-refractivity contribution < 1.29 is 9.47 Å². The summed E-state index contributed by atoms with van der Waals surface area (Å²) in [6, 6.07) is 0. The second-order valence-corrected chi connectivity index (χ2v) is 15.1. The molecule has 2 aromatic rings. The number of hydrogen-bond donors (Lipinski definition) is 0. The molecule has 2 saturated carbocycles. The summed E-state index contributed by atoms with van der Waals surface area (Å²) in [5, 5.41) is 17.2. The van der Waals surface area contributed by atoms with Crippen molar-refractivity contribution in [3.63, 3.8) is 0 Å². The van der Waals surface area contributed by atoms with Crippen LogP contribution in [0.4, 0.5) is 0 Å². The Labute approximate surface area is 289 Å². The third-order valence-electron chi connectivity index (χ3n) is 11.2. The Morgan fingerprint density at radius 1 is 0.750 bits per heavy atom. The second-order valence-electron chi connectivity index (χ2n) is 15.1. The molecule has 0 radical (unpaired) electrons. The van der Waals surface area contributed by atoms with E-state index in [-0.39, 0.29) is 10.8 Å². The Bertz CT molecular complexity index is 1340. The minimum absolute atomic E-state index is 0.116. The average Bonchev–Trinajstić information content (AvgIpc) is 3.72. The summed E-state index contributed by atoms with van der Waals surface area (Å²) >= 11 is 0. The van der Waals surface area contributed by atoms with Crippen LogP contribution in [0.15, 0.2) is 86.3 Å². The topological polar surface area (TPSA) is 79.9 Å². The van der Waals surface area contributed by atoms with Gasteiger partial charge in [0.05, 0.1) is 38.8 Å². The summed E-state index contributed by atoms with van der Waals surface area (Å²) in [7, 11) is 0. The van der Waals surface area contributed by atoms with Crippen molar-refractivity contribution in [2.75, 3.05) is 13.2 Å². The van der Waals surface area contributed by atoms with E-state index in [2.05, 4.69) is 99.9 Å². The lowest BCUT2D eigenvalue weighted by Gasteiger charge is -2.43. The van der Waals surface area contributed by atoms with Gasteiger partial charge in [0, 0.05) is 13.1 Å². The summed E-state index contributed by atoms with van der Waals surface area (Å²) in [4.78, 5) is 0. The zero-order valence-corrected chi connectivity index (χ0v) is 30.3. The fourth-order valence-electron chi connectivity index (χ4n) is 7.81. The van der Waals surface area contributed by atoms with Gasteiger partial charge in [-0.25, -0.2) is 0 Å². The zero-order valence-electron chi connectivity index (χ0n) is 30.3. The van der Waals surface area contributed by atoms with E-state index in [1.165, 1.54) is 11.1 Å². The monoisotopic (exact) mass is 656 g/mol. The van der Waals surface area contributed by atoms with E-state index in [9.17, 15) is 0 Å². The van der Waals surface area contributed by atoms with Crippen molar-refractivity contribution in [3.05, 3.63) is 97.7 Å². The summed E-state index contributed by atoms with van der Waals surface area (Å²) < 4.78 is 15.8. The van der Waals surface area contributed by atoms with Crippen molar-refractivity contribution >= 4 is 0 Å². The Balaban J connectivity index is 1.09. The number of aryl methyl sites for hydroxylation is 2. The fraction of sp³-hybridized carbons (Fsp3) is 0.600. The van der Waals surface area contributed by atoms with Crippen LogP contribution in [0.25, 0.3) is 0 Å². The molecule has 0 bridgehead atoms. The van der Waals surface area contributed by atoms with Gasteiger partial charge in [0.15, 0.2) is 0 Å². The van der Waals surface area contributed by atoms with Gasteiger partial charge in [-0.15, -0.1) is 23.4 Å². The quantitative estimate of drug-likeness (QED) is 0.111.